The molecule has 0 radical (unpaired) electrons. The van der Waals surface area contributed by atoms with Crippen LogP contribution in [0.3, 0.4) is 0 Å². The van der Waals surface area contributed by atoms with Crippen LogP contribution in [0.1, 0.15) is 61.6 Å². The number of aryl methyl sites for hydroxylation is 3. The molecular formula is C33H41N3O2. The fourth-order valence-corrected chi connectivity index (χ4v) is 5.38. The molecule has 2 amide bonds. The van der Waals surface area contributed by atoms with Gasteiger partial charge in [0.25, 0.3) is 0 Å². The largest absolute Gasteiger partial charge is 0.353 e. The molecule has 1 aromatic heterocycles. The van der Waals surface area contributed by atoms with Gasteiger partial charge in [-0.2, -0.15) is 0 Å². The van der Waals surface area contributed by atoms with E-state index in [-0.39, 0.29) is 23.8 Å². The molecular weight excluding hydrogens is 470 g/mol. The predicted octanol–water partition coefficient (Wildman–Crippen LogP) is 5.78. The second-order valence-electron chi connectivity index (χ2n) is 10.5. The summed E-state index contributed by atoms with van der Waals surface area (Å²) in [7, 11) is 0. The fraction of sp³-hybridized carbons (Fsp3) is 0.424. The second-order valence-corrected chi connectivity index (χ2v) is 10.5. The lowest BCUT2D eigenvalue weighted by Crippen LogP contribution is -2.47. The molecule has 1 fully saturated rings. The van der Waals surface area contributed by atoms with Crippen LogP contribution in [0, 0.1) is 5.92 Å². The molecule has 5 heteroatoms. The Bertz CT molecular complexity index is 1060. The quantitative estimate of drug-likeness (QED) is 0.316. The smallest absolute Gasteiger partial charge is 0.225 e. The number of hydrogen-bond acceptors (Lipinski definition) is 3. The summed E-state index contributed by atoms with van der Waals surface area (Å²) in [6.07, 6.45) is 12.5. The molecule has 0 saturated carbocycles. The first-order valence-corrected chi connectivity index (χ1v) is 14.2. The van der Waals surface area contributed by atoms with Crippen LogP contribution in [-0.2, 0) is 28.9 Å². The molecule has 2 aromatic carbocycles. The molecule has 5 nitrogen and oxygen atoms in total. The Hall–Kier alpha value is -3.47. The van der Waals surface area contributed by atoms with Gasteiger partial charge in [-0.3, -0.25) is 14.6 Å². The number of carbonyl (C=O) groups is 2. The second kappa shape index (κ2) is 15.1. The zero-order valence-electron chi connectivity index (χ0n) is 22.4. The Morgan fingerprint density at radius 1 is 0.842 bits per heavy atom. The standard InChI is InChI=1S/C33H41N3O2/c37-32(22-21-29-17-9-23-34-25-29)36-24-10-18-30(26-36)33(38)35-31(19-7-15-27-11-3-1-4-12-27)20-8-16-28-13-5-2-6-14-28/h1-6,9,11-14,17,23,25,30-31H,7-8,10,15-16,18-22,24,26H2,(H,35,38). The van der Waals surface area contributed by atoms with Gasteiger partial charge in [0.2, 0.25) is 11.8 Å². The Labute approximate surface area is 227 Å². The normalized spacial score (nSPS) is 15.4. The van der Waals surface area contributed by atoms with E-state index in [9.17, 15) is 9.59 Å². The number of amides is 2. The van der Waals surface area contributed by atoms with E-state index in [1.807, 2.05) is 35.4 Å². The van der Waals surface area contributed by atoms with Crippen LogP contribution in [-0.4, -0.2) is 40.8 Å². The molecule has 1 N–H and O–H groups in total. The van der Waals surface area contributed by atoms with Gasteiger partial charge in [-0.1, -0.05) is 66.7 Å². The molecule has 2 heterocycles. The zero-order chi connectivity index (χ0) is 26.4. The van der Waals surface area contributed by atoms with Crippen LogP contribution >= 0.6 is 0 Å². The van der Waals surface area contributed by atoms with Gasteiger partial charge < -0.3 is 10.2 Å². The molecule has 1 atom stereocenters. The Balaban J connectivity index is 1.28. The summed E-state index contributed by atoms with van der Waals surface area (Å²) >= 11 is 0. The highest BCUT2D eigenvalue weighted by Crippen LogP contribution is 2.20. The van der Waals surface area contributed by atoms with Crippen molar-refractivity contribution in [2.75, 3.05) is 13.1 Å². The lowest BCUT2D eigenvalue weighted by Gasteiger charge is -2.33. The van der Waals surface area contributed by atoms with Gasteiger partial charge in [-0.15, -0.1) is 0 Å². The maximum absolute atomic E-state index is 13.4. The topological polar surface area (TPSA) is 62.3 Å². The average Bonchev–Trinajstić information content (AvgIpc) is 2.97. The van der Waals surface area contributed by atoms with Crippen molar-refractivity contribution >= 4 is 11.8 Å². The third-order valence-corrected chi connectivity index (χ3v) is 7.56. The number of nitrogens with one attached hydrogen (secondary N) is 1. The summed E-state index contributed by atoms with van der Waals surface area (Å²) in [5.41, 5.74) is 3.75. The van der Waals surface area contributed by atoms with Crippen molar-refractivity contribution in [3.05, 3.63) is 102 Å². The van der Waals surface area contributed by atoms with E-state index in [0.29, 0.717) is 19.4 Å². The van der Waals surface area contributed by atoms with Crippen LogP contribution < -0.4 is 5.32 Å². The van der Waals surface area contributed by atoms with Crippen LogP contribution in [0.5, 0.6) is 0 Å². The number of nitrogens with zero attached hydrogens (tertiary/aromatic N) is 2. The summed E-state index contributed by atoms with van der Waals surface area (Å²) < 4.78 is 0. The maximum Gasteiger partial charge on any atom is 0.225 e. The van der Waals surface area contributed by atoms with E-state index in [0.717, 1.165) is 63.5 Å². The number of benzene rings is 2. The van der Waals surface area contributed by atoms with Crippen molar-refractivity contribution in [1.29, 1.82) is 0 Å². The van der Waals surface area contributed by atoms with Gasteiger partial charge in [0.05, 0.1) is 5.92 Å². The summed E-state index contributed by atoms with van der Waals surface area (Å²) in [5, 5.41) is 3.39. The van der Waals surface area contributed by atoms with E-state index < -0.39 is 0 Å². The van der Waals surface area contributed by atoms with Crippen molar-refractivity contribution in [2.24, 2.45) is 5.92 Å². The molecule has 1 aliphatic rings. The third kappa shape index (κ3) is 9.13. The highest BCUT2D eigenvalue weighted by molar-refractivity contribution is 5.81. The highest BCUT2D eigenvalue weighted by atomic mass is 16.2. The van der Waals surface area contributed by atoms with Crippen LogP contribution in [0.4, 0.5) is 0 Å². The molecule has 200 valence electrons. The summed E-state index contributed by atoms with van der Waals surface area (Å²) in [4.78, 5) is 32.3. The van der Waals surface area contributed by atoms with E-state index >= 15 is 0 Å². The molecule has 1 unspecified atom stereocenters. The Morgan fingerprint density at radius 3 is 2.08 bits per heavy atom. The Morgan fingerprint density at radius 2 is 1.47 bits per heavy atom. The first kappa shape index (κ1) is 27.6. The predicted molar refractivity (Wildman–Crippen MR) is 153 cm³/mol. The van der Waals surface area contributed by atoms with Crippen molar-refractivity contribution in [3.8, 4) is 0 Å². The summed E-state index contributed by atoms with van der Waals surface area (Å²) in [5.74, 6) is 0.115. The molecule has 1 saturated heterocycles. The summed E-state index contributed by atoms with van der Waals surface area (Å²) in [6.45, 7) is 1.27. The lowest BCUT2D eigenvalue weighted by molar-refractivity contribution is -0.135. The van der Waals surface area contributed by atoms with Crippen molar-refractivity contribution in [2.45, 2.75) is 70.3 Å². The van der Waals surface area contributed by atoms with Crippen LogP contribution in [0.15, 0.2) is 85.2 Å². The first-order chi connectivity index (χ1) is 18.7. The molecule has 3 aromatic rings. The fourth-order valence-electron chi connectivity index (χ4n) is 5.38. The maximum atomic E-state index is 13.4. The highest BCUT2D eigenvalue weighted by Gasteiger charge is 2.29. The minimum Gasteiger partial charge on any atom is -0.353 e. The van der Waals surface area contributed by atoms with E-state index in [4.69, 9.17) is 0 Å². The van der Waals surface area contributed by atoms with Gasteiger partial charge in [0.1, 0.15) is 0 Å². The molecule has 0 aliphatic carbocycles. The number of rotatable bonds is 13. The number of hydrogen-bond donors (Lipinski definition) is 1. The number of piperidine rings is 1. The number of likely N-dealkylation sites (tertiary alicyclic amines) is 1. The summed E-state index contributed by atoms with van der Waals surface area (Å²) in [6, 6.07) is 25.2. The van der Waals surface area contributed by atoms with E-state index in [1.54, 1.807) is 6.20 Å². The molecule has 4 rings (SSSR count). The molecule has 0 spiro atoms. The van der Waals surface area contributed by atoms with Gasteiger partial charge in [0, 0.05) is 37.9 Å². The van der Waals surface area contributed by atoms with Crippen LogP contribution in [0.2, 0.25) is 0 Å². The zero-order valence-corrected chi connectivity index (χ0v) is 22.4. The van der Waals surface area contributed by atoms with Crippen molar-refractivity contribution in [1.82, 2.24) is 15.2 Å². The van der Waals surface area contributed by atoms with Gasteiger partial charge >= 0.3 is 0 Å². The molecule has 0 bridgehead atoms. The van der Waals surface area contributed by atoms with Crippen molar-refractivity contribution < 1.29 is 9.59 Å². The minimum absolute atomic E-state index is 0.110. The lowest BCUT2D eigenvalue weighted by atomic mass is 9.94. The SMILES string of the molecule is O=C(NC(CCCc1ccccc1)CCCc1ccccc1)C1CCCN(C(=O)CCc2cccnc2)C1. The molecule has 1 aliphatic heterocycles. The monoisotopic (exact) mass is 511 g/mol. The molecule has 38 heavy (non-hydrogen) atoms. The van der Waals surface area contributed by atoms with E-state index in [1.165, 1.54) is 11.1 Å². The van der Waals surface area contributed by atoms with Gasteiger partial charge in [-0.05, 0) is 80.5 Å². The number of aromatic nitrogens is 1. The first-order valence-electron chi connectivity index (χ1n) is 14.2. The number of pyridine rings is 1. The van der Waals surface area contributed by atoms with Gasteiger partial charge in [-0.25, -0.2) is 0 Å². The minimum atomic E-state index is -0.128. The van der Waals surface area contributed by atoms with E-state index in [2.05, 4.69) is 58.8 Å². The van der Waals surface area contributed by atoms with Crippen molar-refractivity contribution in [3.63, 3.8) is 0 Å². The third-order valence-electron chi connectivity index (χ3n) is 7.56. The Kier molecular flexibility index (Phi) is 10.9. The van der Waals surface area contributed by atoms with Gasteiger partial charge in [0.15, 0.2) is 0 Å². The number of carbonyl (C=O) groups excluding carboxylic acids is 2. The average molecular weight is 512 g/mol. The van der Waals surface area contributed by atoms with Crippen LogP contribution in [0.25, 0.3) is 0 Å².